The van der Waals surface area contributed by atoms with E-state index in [4.69, 9.17) is 16.3 Å². The van der Waals surface area contributed by atoms with E-state index in [1.165, 1.54) is 18.0 Å². The predicted molar refractivity (Wildman–Crippen MR) is 50.1 cm³/mol. The van der Waals surface area contributed by atoms with Crippen LogP contribution in [0, 0.1) is 0 Å². The smallest absolute Gasteiger partial charge is 0.269 e. The zero-order chi connectivity index (χ0) is 11.4. The number of hydrogen-bond acceptors (Lipinski definition) is 3. The van der Waals surface area contributed by atoms with Gasteiger partial charge in [-0.15, -0.1) is 0 Å². The normalized spacial score (nSPS) is 13.5. The first kappa shape index (κ1) is 12.4. The largest absolute Gasteiger partial charge is 0.383 e. The van der Waals surface area contributed by atoms with Crippen LogP contribution in [-0.4, -0.2) is 35.0 Å². The van der Waals surface area contributed by atoms with Crippen LogP contribution in [0.15, 0.2) is 6.20 Å². The Morgan fingerprint density at radius 1 is 1.67 bits per heavy atom. The van der Waals surface area contributed by atoms with Gasteiger partial charge in [0.15, 0.2) is 6.10 Å². The lowest BCUT2D eigenvalue weighted by Crippen LogP contribution is -2.17. The highest BCUT2D eigenvalue weighted by Crippen LogP contribution is 2.27. The maximum absolute atomic E-state index is 12.3. The standard InChI is InChI=1S/C8H11ClF2N2O2/c1-15-3-2-13-6(5(9)4-12-13)7(14)8(10)11/h4,7-8,14H,2-3H2,1H3. The summed E-state index contributed by atoms with van der Waals surface area (Å²) < 4.78 is 30.6. The molecule has 0 saturated carbocycles. The molecule has 0 aliphatic heterocycles. The number of rotatable bonds is 5. The van der Waals surface area contributed by atoms with Crippen LogP contribution in [0.2, 0.25) is 5.02 Å². The van der Waals surface area contributed by atoms with Gasteiger partial charge in [-0.1, -0.05) is 11.6 Å². The third-order valence-corrected chi connectivity index (χ3v) is 2.15. The number of ether oxygens (including phenoxy) is 1. The molecule has 1 unspecified atom stereocenters. The Balaban J connectivity index is 2.88. The minimum atomic E-state index is -2.89. The zero-order valence-electron chi connectivity index (χ0n) is 8.03. The van der Waals surface area contributed by atoms with Gasteiger partial charge in [0.05, 0.1) is 30.1 Å². The Bertz CT molecular complexity index is 320. The summed E-state index contributed by atoms with van der Waals surface area (Å²) in [6.45, 7) is 0.573. The average molecular weight is 241 g/mol. The molecular formula is C8H11ClF2N2O2. The van der Waals surface area contributed by atoms with E-state index >= 15 is 0 Å². The van der Waals surface area contributed by atoms with Crippen molar-refractivity contribution in [2.75, 3.05) is 13.7 Å². The molecule has 0 radical (unpaired) electrons. The summed E-state index contributed by atoms with van der Waals surface area (Å²) in [5.41, 5.74) is -0.0799. The third kappa shape index (κ3) is 2.87. The molecule has 1 aromatic heterocycles. The van der Waals surface area contributed by atoms with Crippen LogP contribution >= 0.6 is 11.6 Å². The predicted octanol–water partition coefficient (Wildman–Crippen LogP) is 1.48. The molecule has 4 nitrogen and oxygen atoms in total. The second-order valence-corrected chi connectivity index (χ2v) is 3.28. The summed E-state index contributed by atoms with van der Waals surface area (Å²) in [5, 5.41) is 13.0. The van der Waals surface area contributed by atoms with Crippen molar-refractivity contribution in [3.8, 4) is 0 Å². The van der Waals surface area contributed by atoms with E-state index in [0.717, 1.165) is 0 Å². The Morgan fingerprint density at radius 2 is 2.33 bits per heavy atom. The van der Waals surface area contributed by atoms with Gasteiger partial charge in [0.25, 0.3) is 6.43 Å². The van der Waals surface area contributed by atoms with Gasteiger partial charge in [-0.05, 0) is 0 Å². The topological polar surface area (TPSA) is 47.3 Å². The van der Waals surface area contributed by atoms with Crippen molar-refractivity contribution in [2.24, 2.45) is 0 Å². The number of aliphatic hydroxyl groups excluding tert-OH is 1. The van der Waals surface area contributed by atoms with Crippen LogP contribution < -0.4 is 0 Å². The SMILES string of the molecule is COCCn1ncc(Cl)c1C(O)C(F)F. The average Bonchev–Trinajstić information content (AvgIpc) is 2.55. The number of aromatic nitrogens is 2. The number of halogens is 3. The number of methoxy groups -OCH3 is 1. The summed E-state index contributed by atoms with van der Waals surface area (Å²) in [6, 6.07) is 0. The molecule has 0 fully saturated rings. The molecule has 7 heteroatoms. The van der Waals surface area contributed by atoms with Gasteiger partial charge in [0.2, 0.25) is 0 Å². The Labute approximate surface area is 90.4 Å². The fourth-order valence-electron chi connectivity index (χ4n) is 1.14. The van der Waals surface area contributed by atoms with Crippen LogP contribution in [0.1, 0.15) is 11.8 Å². The highest BCUT2D eigenvalue weighted by molar-refractivity contribution is 6.31. The fourth-order valence-corrected chi connectivity index (χ4v) is 1.39. The lowest BCUT2D eigenvalue weighted by Gasteiger charge is -2.12. The van der Waals surface area contributed by atoms with Crippen molar-refractivity contribution in [3.63, 3.8) is 0 Å². The molecule has 1 atom stereocenters. The first-order valence-corrected chi connectivity index (χ1v) is 4.62. The van der Waals surface area contributed by atoms with Crippen molar-refractivity contribution in [1.82, 2.24) is 9.78 Å². The Kier molecular flexibility index (Phi) is 4.44. The number of hydrogen-bond donors (Lipinski definition) is 1. The molecule has 0 aromatic carbocycles. The van der Waals surface area contributed by atoms with E-state index in [9.17, 15) is 13.9 Å². The van der Waals surface area contributed by atoms with E-state index in [1.54, 1.807) is 0 Å². The zero-order valence-corrected chi connectivity index (χ0v) is 8.79. The molecule has 0 saturated heterocycles. The summed E-state index contributed by atoms with van der Waals surface area (Å²) in [6.07, 6.45) is -3.59. The number of alkyl halides is 2. The molecule has 0 aliphatic rings. The molecule has 1 aromatic rings. The van der Waals surface area contributed by atoms with E-state index in [-0.39, 0.29) is 17.3 Å². The minimum Gasteiger partial charge on any atom is -0.383 e. The monoisotopic (exact) mass is 240 g/mol. The molecule has 1 rings (SSSR count). The first-order chi connectivity index (χ1) is 7.07. The van der Waals surface area contributed by atoms with Gasteiger partial charge in [0, 0.05) is 7.11 Å². The maximum Gasteiger partial charge on any atom is 0.269 e. The van der Waals surface area contributed by atoms with Crippen LogP contribution in [0.25, 0.3) is 0 Å². The fraction of sp³-hybridized carbons (Fsp3) is 0.625. The van der Waals surface area contributed by atoms with Crippen LogP contribution in [0.3, 0.4) is 0 Å². The molecule has 1 heterocycles. The van der Waals surface area contributed by atoms with Crippen molar-refractivity contribution >= 4 is 11.6 Å². The molecule has 0 amide bonds. The van der Waals surface area contributed by atoms with Crippen molar-refractivity contribution in [1.29, 1.82) is 0 Å². The van der Waals surface area contributed by atoms with Gasteiger partial charge in [-0.3, -0.25) is 4.68 Å². The van der Waals surface area contributed by atoms with Gasteiger partial charge >= 0.3 is 0 Å². The molecule has 1 N–H and O–H groups in total. The summed E-state index contributed by atoms with van der Waals surface area (Å²) in [7, 11) is 1.48. The second kappa shape index (κ2) is 5.39. The van der Waals surface area contributed by atoms with E-state index in [2.05, 4.69) is 5.10 Å². The van der Waals surface area contributed by atoms with E-state index < -0.39 is 12.5 Å². The molecule has 0 aliphatic carbocycles. The lowest BCUT2D eigenvalue weighted by molar-refractivity contribution is -0.0113. The first-order valence-electron chi connectivity index (χ1n) is 4.24. The van der Waals surface area contributed by atoms with Crippen LogP contribution in [-0.2, 0) is 11.3 Å². The van der Waals surface area contributed by atoms with Crippen LogP contribution in [0.4, 0.5) is 8.78 Å². The molecule has 0 bridgehead atoms. The molecule has 0 spiro atoms. The highest BCUT2D eigenvalue weighted by Gasteiger charge is 2.26. The summed E-state index contributed by atoms with van der Waals surface area (Å²) in [5.74, 6) is 0. The van der Waals surface area contributed by atoms with Crippen LogP contribution in [0.5, 0.6) is 0 Å². The van der Waals surface area contributed by atoms with E-state index in [0.29, 0.717) is 6.61 Å². The van der Waals surface area contributed by atoms with Gasteiger partial charge in [-0.25, -0.2) is 8.78 Å². The van der Waals surface area contributed by atoms with Gasteiger partial charge in [-0.2, -0.15) is 5.10 Å². The van der Waals surface area contributed by atoms with Crippen molar-refractivity contribution in [3.05, 3.63) is 16.9 Å². The highest BCUT2D eigenvalue weighted by atomic mass is 35.5. The Morgan fingerprint density at radius 3 is 2.87 bits per heavy atom. The summed E-state index contributed by atoms with van der Waals surface area (Å²) >= 11 is 5.65. The van der Waals surface area contributed by atoms with Crippen molar-refractivity contribution < 1.29 is 18.6 Å². The molecule has 15 heavy (non-hydrogen) atoms. The van der Waals surface area contributed by atoms with E-state index in [1.807, 2.05) is 0 Å². The number of aliphatic hydroxyl groups is 1. The second-order valence-electron chi connectivity index (χ2n) is 2.87. The third-order valence-electron chi connectivity index (χ3n) is 1.86. The minimum absolute atomic E-state index is 0.0268. The molecular weight excluding hydrogens is 230 g/mol. The lowest BCUT2D eigenvalue weighted by atomic mass is 10.2. The Hall–Kier alpha value is -0.720. The quantitative estimate of drug-likeness (QED) is 0.848. The number of nitrogens with zero attached hydrogens (tertiary/aromatic N) is 2. The summed E-state index contributed by atoms with van der Waals surface area (Å²) in [4.78, 5) is 0. The van der Waals surface area contributed by atoms with Gasteiger partial charge in [0.1, 0.15) is 0 Å². The maximum atomic E-state index is 12.3. The van der Waals surface area contributed by atoms with Crippen molar-refractivity contribution in [2.45, 2.75) is 19.1 Å². The molecule has 86 valence electrons. The van der Waals surface area contributed by atoms with Gasteiger partial charge < -0.3 is 9.84 Å².